The molecule has 19 heavy (non-hydrogen) atoms. The van der Waals surface area contributed by atoms with Crippen molar-refractivity contribution in [1.82, 2.24) is 4.90 Å². The van der Waals surface area contributed by atoms with Gasteiger partial charge in [-0.05, 0) is 12.0 Å². The van der Waals surface area contributed by atoms with E-state index < -0.39 is 11.5 Å². The van der Waals surface area contributed by atoms with Crippen LogP contribution in [0.4, 0.5) is 4.79 Å². The highest BCUT2D eigenvalue weighted by molar-refractivity contribution is 5.65. The number of nitrogens with zero attached hydrogens (tertiary/aromatic N) is 1. The fourth-order valence-electron chi connectivity index (χ4n) is 2.35. The monoisotopic (exact) mass is 265 g/mol. The smallest absolute Gasteiger partial charge is 0.407 e. The second kappa shape index (κ2) is 6.04. The summed E-state index contributed by atoms with van der Waals surface area (Å²) >= 11 is 0. The molecule has 104 valence electrons. The van der Waals surface area contributed by atoms with Gasteiger partial charge in [0, 0.05) is 18.5 Å². The van der Waals surface area contributed by atoms with Crippen LogP contribution in [-0.2, 0) is 11.3 Å². The lowest BCUT2D eigenvalue weighted by Crippen LogP contribution is -2.36. The molecule has 1 aliphatic heterocycles. The normalized spacial score (nSPS) is 22.7. The van der Waals surface area contributed by atoms with Gasteiger partial charge in [-0.2, -0.15) is 0 Å². The number of hydrogen-bond acceptors (Lipinski definition) is 3. The number of aliphatic hydroxyl groups is 1. The lowest BCUT2D eigenvalue weighted by Gasteiger charge is -2.26. The van der Waals surface area contributed by atoms with E-state index in [1.165, 1.54) is 4.90 Å². The summed E-state index contributed by atoms with van der Waals surface area (Å²) in [4.78, 5) is 12.2. The second-order valence-electron chi connectivity index (χ2n) is 5.09. The zero-order valence-electron chi connectivity index (χ0n) is 10.8. The predicted octanol–water partition coefficient (Wildman–Crippen LogP) is 1.57. The van der Waals surface area contributed by atoms with E-state index >= 15 is 0 Å². The van der Waals surface area contributed by atoms with Crippen molar-refractivity contribution in [2.24, 2.45) is 5.41 Å². The molecule has 0 saturated carbocycles. The van der Waals surface area contributed by atoms with Crippen LogP contribution >= 0.6 is 0 Å². The van der Waals surface area contributed by atoms with E-state index in [2.05, 4.69) is 0 Å². The third-order valence-corrected chi connectivity index (χ3v) is 3.56. The first-order chi connectivity index (χ1) is 9.15. The van der Waals surface area contributed by atoms with Gasteiger partial charge in [-0.25, -0.2) is 4.79 Å². The van der Waals surface area contributed by atoms with Gasteiger partial charge in [0.15, 0.2) is 0 Å². The number of carboxylic acid groups (broad SMARTS) is 1. The highest BCUT2D eigenvalue weighted by atomic mass is 16.5. The third-order valence-electron chi connectivity index (χ3n) is 3.56. The molecule has 1 saturated heterocycles. The average molecular weight is 265 g/mol. The number of carbonyl (C=O) groups is 1. The Morgan fingerprint density at radius 1 is 1.37 bits per heavy atom. The molecule has 0 aromatic heterocycles. The number of benzene rings is 1. The molecule has 2 rings (SSSR count). The van der Waals surface area contributed by atoms with Crippen molar-refractivity contribution in [2.75, 3.05) is 26.3 Å². The molecule has 1 aromatic carbocycles. The van der Waals surface area contributed by atoms with Crippen LogP contribution in [0.5, 0.6) is 0 Å². The maximum atomic E-state index is 10.9. The first-order valence-electron chi connectivity index (χ1n) is 6.36. The molecule has 5 heteroatoms. The molecule has 0 spiro atoms. The van der Waals surface area contributed by atoms with Gasteiger partial charge >= 0.3 is 6.09 Å². The summed E-state index contributed by atoms with van der Waals surface area (Å²) in [5.41, 5.74) is 0.622. The van der Waals surface area contributed by atoms with Crippen LogP contribution < -0.4 is 0 Å². The molecular formula is C14H19NO4. The van der Waals surface area contributed by atoms with E-state index in [0.29, 0.717) is 32.7 Å². The van der Waals surface area contributed by atoms with Crippen LogP contribution in [0.3, 0.4) is 0 Å². The maximum Gasteiger partial charge on any atom is 0.407 e. The molecule has 1 unspecified atom stereocenters. The minimum atomic E-state index is -0.932. The Balaban J connectivity index is 1.85. The number of rotatable bonds is 5. The molecule has 2 N–H and O–H groups in total. The van der Waals surface area contributed by atoms with E-state index in [9.17, 15) is 9.90 Å². The molecule has 1 amide bonds. The van der Waals surface area contributed by atoms with Crippen LogP contribution in [0.1, 0.15) is 12.0 Å². The topological polar surface area (TPSA) is 70.0 Å². The number of amides is 1. The minimum Gasteiger partial charge on any atom is -0.465 e. The molecule has 1 atom stereocenters. The van der Waals surface area contributed by atoms with Crippen LogP contribution in [0, 0.1) is 5.41 Å². The van der Waals surface area contributed by atoms with Crippen molar-refractivity contribution in [3.63, 3.8) is 0 Å². The maximum absolute atomic E-state index is 10.9. The molecule has 1 fully saturated rings. The van der Waals surface area contributed by atoms with Crippen molar-refractivity contribution in [2.45, 2.75) is 13.0 Å². The van der Waals surface area contributed by atoms with Gasteiger partial charge < -0.3 is 19.8 Å². The SMILES string of the molecule is O=C(O)N1CCC(CO)(COCc2ccccc2)C1. The molecule has 0 radical (unpaired) electrons. The summed E-state index contributed by atoms with van der Waals surface area (Å²) in [6, 6.07) is 9.79. The van der Waals surface area contributed by atoms with Crippen molar-refractivity contribution < 1.29 is 19.7 Å². The summed E-state index contributed by atoms with van der Waals surface area (Å²) in [5.74, 6) is 0. The molecular weight excluding hydrogens is 246 g/mol. The highest BCUT2D eigenvalue weighted by Gasteiger charge is 2.39. The van der Waals surface area contributed by atoms with Gasteiger partial charge in [0.1, 0.15) is 0 Å². The summed E-state index contributed by atoms with van der Waals surface area (Å²) < 4.78 is 5.65. The third kappa shape index (κ3) is 3.45. The van der Waals surface area contributed by atoms with Gasteiger partial charge in [-0.1, -0.05) is 30.3 Å². The van der Waals surface area contributed by atoms with E-state index in [1.807, 2.05) is 30.3 Å². The van der Waals surface area contributed by atoms with E-state index in [0.717, 1.165) is 5.56 Å². The standard InChI is InChI=1S/C14H19NO4/c16-10-14(6-7-15(9-14)13(17)18)11-19-8-12-4-2-1-3-5-12/h1-5,16H,6-11H2,(H,17,18). The zero-order chi connectivity index (χ0) is 13.7. The average Bonchev–Trinajstić information content (AvgIpc) is 2.85. The Labute approximate surface area is 112 Å². The van der Waals surface area contributed by atoms with Crippen molar-refractivity contribution >= 4 is 6.09 Å². The molecule has 1 aromatic rings. The van der Waals surface area contributed by atoms with Crippen LogP contribution in [0.2, 0.25) is 0 Å². The zero-order valence-corrected chi connectivity index (χ0v) is 10.8. The Morgan fingerprint density at radius 3 is 2.68 bits per heavy atom. The van der Waals surface area contributed by atoms with Crippen LogP contribution in [0.15, 0.2) is 30.3 Å². The molecule has 5 nitrogen and oxygen atoms in total. The summed E-state index contributed by atoms with van der Waals surface area (Å²) in [5, 5.41) is 18.5. The van der Waals surface area contributed by atoms with Crippen molar-refractivity contribution in [3.8, 4) is 0 Å². The van der Waals surface area contributed by atoms with Crippen LogP contribution in [0.25, 0.3) is 0 Å². The van der Waals surface area contributed by atoms with Crippen molar-refractivity contribution in [1.29, 1.82) is 0 Å². The first kappa shape index (κ1) is 13.8. The lowest BCUT2D eigenvalue weighted by atomic mass is 9.89. The molecule has 1 aliphatic rings. The van der Waals surface area contributed by atoms with Gasteiger partial charge in [-0.3, -0.25) is 0 Å². The predicted molar refractivity (Wildman–Crippen MR) is 69.8 cm³/mol. The summed E-state index contributed by atoms with van der Waals surface area (Å²) in [6.45, 7) is 1.61. The Bertz CT molecular complexity index is 423. The highest BCUT2D eigenvalue weighted by Crippen LogP contribution is 2.30. The first-order valence-corrected chi connectivity index (χ1v) is 6.36. The second-order valence-corrected chi connectivity index (χ2v) is 5.09. The molecule has 0 aliphatic carbocycles. The Kier molecular flexibility index (Phi) is 4.39. The minimum absolute atomic E-state index is 0.0500. The number of hydrogen-bond donors (Lipinski definition) is 2. The fraction of sp³-hybridized carbons (Fsp3) is 0.500. The van der Waals surface area contributed by atoms with Gasteiger partial charge in [0.2, 0.25) is 0 Å². The van der Waals surface area contributed by atoms with E-state index in [4.69, 9.17) is 9.84 Å². The Hall–Kier alpha value is -1.59. The van der Waals surface area contributed by atoms with E-state index in [1.54, 1.807) is 0 Å². The summed E-state index contributed by atoms with van der Waals surface area (Å²) in [7, 11) is 0. The molecule has 1 heterocycles. The number of aliphatic hydroxyl groups excluding tert-OH is 1. The quantitative estimate of drug-likeness (QED) is 0.847. The van der Waals surface area contributed by atoms with Gasteiger partial charge in [0.25, 0.3) is 0 Å². The Morgan fingerprint density at radius 2 is 2.11 bits per heavy atom. The van der Waals surface area contributed by atoms with Crippen molar-refractivity contribution in [3.05, 3.63) is 35.9 Å². The van der Waals surface area contributed by atoms with Gasteiger partial charge in [0.05, 0.1) is 19.8 Å². The fourth-order valence-corrected chi connectivity index (χ4v) is 2.35. The number of ether oxygens (including phenoxy) is 1. The molecule has 0 bridgehead atoms. The van der Waals surface area contributed by atoms with Gasteiger partial charge in [-0.15, -0.1) is 0 Å². The van der Waals surface area contributed by atoms with Crippen LogP contribution in [-0.4, -0.2) is 47.5 Å². The number of likely N-dealkylation sites (tertiary alicyclic amines) is 1. The largest absolute Gasteiger partial charge is 0.465 e. The summed E-state index contributed by atoms with van der Waals surface area (Å²) in [6.07, 6.45) is -0.289. The van der Waals surface area contributed by atoms with E-state index in [-0.39, 0.29) is 6.61 Å². The lowest BCUT2D eigenvalue weighted by molar-refractivity contribution is 0.00502.